The summed E-state index contributed by atoms with van der Waals surface area (Å²) in [6.45, 7) is 0. The Morgan fingerprint density at radius 3 is 2.74 bits per heavy atom. The minimum Gasteiger partial charge on any atom is -0.349 e. The molecule has 0 spiro atoms. The fraction of sp³-hybridized carbons (Fsp3) is 0.200. The van der Waals surface area contributed by atoms with Crippen molar-refractivity contribution in [2.75, 3.05) is 0 Å². The summed E-state index contributed by atoms with van der Waals surface area (Å²) in [7, 11) is 0. The average molecular weight is 273 g/mol. The zero-order chi connectivity index (χ0) is 13.2. The van der Waals surface area contributed by atoms with Crippen LogP contribution in [0.3, 0.4) is 0 Å². The maximum Gasteiger partial charge on any atom is 0.251 e. The molecule has 4 heteroatoms. The van der Waals surface area contributed by atoms with E-state index >= 15 is 0 Å². The predicted molar refractivity (Wildman–Crippen MR) is 74.4 cm³/mol. The number of nitrogens with one attached hydrogen (secondary N) is 1. The van der Waals surface area contributed by atoms with Crippen LogP contribution in [0.15, 0.2) is 42.6 Å². The van der Waals surface area contributed by atoms with Crippen LogP contribution >= 0.6 is 11.6 Å². The molecule has 1 aliphatic rings. The van der Waals surface area contributed by atoms with Crippen LogP contribution in [0.25, 0.3) is 0 Å². The summed E-state index contributed by atoms with van der Waals surface area (Å²) in [5.74, 6) is -0.0607. The summed E-state index contributed by atoms with van der Waals surface area (Å²) in [4.78, 5) is 16.4. The fourth-order valence-corrected chi connectivity index (χ4v) is 2.51. The van der Waals surface area contributed by atoms with Crippen molar-refractivity contribution in [2.24, 2.45) is 0 Å². The number of rotatable bonds is 2. The normalized spacial score (nSPS) is 17.0. The maximum atomic E-state index is 12.1. The summed E-state index contributed by atoms with van der Waals surface area (Å²) in [6, 6.07) is 11.0. The first kappa shape index (κ1) is 12.2. The van der Waals surface area contributed by atoms with Crippen LogP contribution in [0.1, 0.15) is 21.6 Å². The molecule has 0 bridgehead atoms. The molecule has 0 aliphatic heterocycles. The van der Waals surface area contributed by atoms with Gasteiger partial charge in [0.05, 0.1) is 0 Å². The molecule has 1 amide bonds. The number of fused-ring (bicyclic) bond motifs is 1. The minimum absolute atomic E-state index is 0.0607. The lowest BCUT2D eigenvalue weighted by atomic mass is 10.1. The van der Waals surface area contributed by atoms with Crippen molar-refractivity contribution >= 4 is 17.5 Å². The molecule has 0 fully saturated rings. The first-order valence-corrected chi connectivity index (χ1v) is 6.59. The van der Waals surface area contributed by atoms with Gasteiger partial charge in [0.1, 0.15) is 0 Å². The average Bonchev–Trinajstić information content (AvgIpc) is 2.81. The van der Waals surface area contributed by atoms with E-state index in [2.05, 4.69) is 16.4 Å². The Bertz CT molecular complexity index is 585. The van der Waals surface area contributed by atoms with E-state index < -0.39 is 0 Å². The maximum absolute atomic E-state index is 12.1. The standard InChI is InChI=1S/C15H13ClN2O/c16-12-5-3-10(4-6-12)15(19)18-13-8-11-2-1-7-17-14(11)9-13/h1-7,13H,8-9H2,(H,18,19). The number of aromatic nitrogens is 1. The van der Waals surface area contributed by atoms with Gasteiger partial charge in [-0.3, -0.25) is 9.78 Å². The first-order valence-electron chi connectivity index (χ1n) is 6.21. The predicted octanol–water partition coefficient (Wildman–Crippen LogP) is 2.63. The molecule has 19 heavy (non-hydrogen) atoms. The molecule has 1 aliphatic carbocycles. The second-order valence-electron chi connectivity index (χ2n) is 4.69. The van der Waals surface area contributed by atoms with E-state index in [4.69, 9.17) is 11.6 Å². The van der Waals surface area contributed by atoms with Crippen LogP contribution in [0, 0.1) is 0 Å². The largest absolute Gasteiger partial charge is 0.349 e. The van der Waals surface area contributed by atoms with Crippen LogP contribution < -0.4 is 5.32 Å². The van der Waals surface area contributed by atoms with E-state index in [1.54, 1.807) is 30.5 Å². The van der Waals surface area contributed by atoms with E-state index in [9.17, 15) is 4.79 Å². The molecule has 1 heterocycles. The zero-order valence-electron chi connectivity index (χ0n) is 10.3. The summed E-state index contributed by atoms with van der Waals surface area (Å²) < 4.78 is 0. The number of carbonyl (C=O) groups excluding carboxylic acids is 1. The molecule has 1 aromatic carbocycles. The molecular weight excluding hydrogens is 260 g/mol. The summed E-state index contributed by atoms with van der Waals surface area (Å²) in [6.07, 6.45) is 3.44. The van der Waals surface area contributed by atoms with Crippen LogP contribution in [-0.4, -0.2) is 16.9 Å². The number of pyridine rings is 1. The fourth-order valence-electron chi connectivity index (χ4n) is 2.38. The van der Waals surface area contributed by atoms with Gasteiger partial charge in [-0.05, 0) is 42.3 Å². The molecule has 0 saturated carbocycles. The van der Waals surface area contributed by atoms with Gasteiger partial charge in [0, 0.05) is 34.9 Å². The van der Waals surface area contributed by atoms with Crippen LogP contribution in [0.4, 0.5) is 0 Å². The van der Waals surface area contributed by atoms with Gasteiger partial charge in [-0.25, -0.2) is 0 Å². The lowest BCUT2D eigenvalue weighted by molar-refractivity contribution is 0.0938. The highest BCUT2D eigenvalue weighted by molar-refractivity contribution is 6.30. The van der Waals surface area contributed by atoms with Crippen molar-refractivity contribution in [1.29, 1.82) is 0 Å². The topological polar surface area (TPSA) is 42.0 Å². The number of nitrogens with zero attached hydrogens (tertiary/aromatic N) is 1. The lowest BCUT2D eigenvalue weighted by Crippen LogP contribution is -2.35. The van der Waals surface area contributed by atoms with Crippen molar-refractivity contribution in [2.45, 2.75) is 18.9 Å². The minimum atomic E-state index is -0.0607. The van der Waals surface area contributed by atoms with E-state index in [-0.39, 0.29) is 11.9 Å². The molecule has 0 saturated heterocycles. The molecule has 3 rings (SSSR count). The van der Waals surface area contributed by atoms with Crippen LogP contribution in [0.2, 0.25) is 5.02 Å². The van der Waals surface area contributed by atoms with Crippen molar-refractivity contribution in [3.8, 4) is 0 Å². The van der Waals surface area contributed by atoms with E-state index in [1.165, 1.54) is 5.56 Å². The number of carbonyl (C=O) groups is 1. The lowest BCUT2D eigenvalue weighted by Gasteiger charge is -2.11. The van der Waals surface area contributed by atoms with E-state index in [1.807, 2.05) is 6.07 Å². The monoisotopic (exact) mass is 272 g/mol. The van der Waals surface area contributed by atoms with Crippen LogP contribution in [-0.2, 0) is 12.8 Å². The van der Waals surface area contributed by atoms with Crippen molar-refractivity contribution in [3.05, 3.63) is 64.4 Å². The van der Waals surface area contributed by atoms with Gasteiger partial charge in [-0.2, -0.15) is 0 Å². The van der Waals surface area contributed by atoms with Gasteiger partial charge in [0.15, 0.2) is 0 Å². The number of hydrogen-bond donors (Lipinski definition) is 1. The molecule has 2 aromatic rings. The third-order valence-electron chi connectivity index (χ3n) is 3.33. The Morgan fingerprint density at radius 2 is 2.00 bits per heavy atom. The highest BCUT2D eigenvalue weighted by atomic mass is 35.5. The van der Waals surface area contributed by atoms with Gasteiger partial charge in [0.25, 0.3) is 5.91 Å². The molecule has 0 radical (unpaired) electrons. The van der Waals surface area contributed by atoms with E-state index in [0.717, 1.165) is 18.5 Å². The zero-order valence-corrected chi connectivity index (χ0v) is 11.0. The molecule has 1 unspecified atom stereocenters. The SMILES string of the molecule is O=C(NC1Cc2cccnc2C1)c1ccc(Cl)cc1. The second-order valence-corrected chi connectivity index (χ2v) is 5.13. The Kier molecular flexibility index (Phi) is 3.22. The van der Waals surface area contributed by atoms with Crippen molar-refractivity contribution < 1.29 is 4.79 Å². The number of halogens is 1. The third-order valence-corrected chi connectivity index (χ3v) is 3.58. The van der Waals surface area contributed by atoms with Crippen molar-refractivity contribution in [1.82, 2.24) is 10.3 Å². The Morgan fingerprint density at radius 1 is 1.21 bits per heavy atom. The summed E-state index contributed by atoms with van der Waals surface area (Å²) >= 11 is 5.81. The number of benzene rings is 1. The molecule has 1 atom stereocenters. The third kappa shape index (κ3) is 2.61. The van der Waals surface area contributed by atoms with Crippen LogP contribution in [0.5, 0.6) is 0 Å². The van der Waals surface area contributed by atoms with Crippen molar-refractivity contribution in [3.63, 3.8) is 0 Å². The molecule has 1 N–H and O–H groups in total. The summed E-state index contributed by atoms with van der Waals surface area (Å²) in [5, 5.41) is 3.67. The Hall–Kier alpha value is -1.87. The Balaban J connectivity index is 1.67. The number of amides is 1. The highest BCUT2D eigenvalue weighted by Gasteiger charge is 2.23. The molecular formula is C15H13ClN2O. The number of hydrogen-bond acceptors (Lipinski definition) is 2. The highest BCUT2D eigenvalue weighted by Crippen LogP contribution is 2.20. The van der Waals surface area contributed by atoms with E-state index in [0.29, 0.717) is 10.6 Å². The van der Waals surface area contributed by atoms with Gasteiger partial charge in [-0.1, -0.05) is 17.7 Å². The second kappa shape index (κ2) is 5.02. The summed E-state index contributed by atoms with van der Waals surface area (Å²) in [5.41, 5.74) is 2.95. The van der Waals surface area contributed by atoms with Gasteiger partial charge < -0.3 is 5.32 Å². The Labute approximate surface area is 116 Å². The smallest absolute Gasteiger partial charge is 0.251 e. The van der Waals surface area contributed by atoms with Gasteiger partial charge >= 0.3 is 0 Å². The molecule has 3 nitrogen and oxygen atoms in total. The van der Waals surface area contributed by atoms with Gasteiger partial charge in [-0.15, -0.1) is 0 Å². The molecule has 96 valence electrons. The molecule has 1 aromatic heterocycles. The van der Waals surface area contributed by atoms with Gasteiger partial charge in [0.2, 0.25) is 0 Å². The first-order chi connectivity index (χ1) is 9.22. The quantitative estimate of drug-likeness (QED) is 0.913.